The van der Waals surface area contributed by atoms with Crippen LogP contribution in [0.4, 0.5) is 13.2 Å². The van der Waals surface area contributed by atoms with Gasteiger partial charge in [0.15, 0.2) is 0 Å². The molecule has 0 atom stereocenters. The van der Waals surface area contributed by atoms with E-state index in [1.807, 2.05) is 12.1 Å². The van der Waals surface area contributed by atoms with E-state index in [0.717, 1.165) is 18.4 Å². The number of rotatable bonds is 5. The molecule has 0 amide bonds. The van der Waals surface area contributed by atoms with Crippen molar-refractivity contribution >= 4 is 13.3 Å². The Kier molecular flexibility index (Phi) is 4.30. The largest absolute Gasteiger partial charge is 0.401 e. The Bertz CT molecular complexity index is 444. The van der Waals surface area contributed by atoms with Crippen molar-refractivity contribution in [3.05, 3.63) is 29.8 Å². The van der Waals surface area contributed by atoms with Crippen molar-refractivity contribution in [1.82, 2.24) is 4.90 Å². The van der Waals surface area contributed by atoms with Crippen molar-refractivity contribution in [2.24, 2.45) is 0 Å². The van der Waals surface area contributed by atoms with Crippen LogP contribution in [-0.4, -0.2) is 31.7 Å². The van der Waals surface area contributed by atoms with Gasteiger partial charge in [0.2, 0.25) is 0 Å². The molecule has 20 heavy (non-hydrogen) atoms. The van der Waals surface area contributed by atoms with Crippen LogP contribution in [0.5, 0.6) is 0 Å². The lowest BCUT2D eigenvalue weighted by Gasteiger charge is -2.24. The van der Waals surface area contributed by atoms with Gasteiger partial charge in [0, 0.05) is 12.6 Å². The Morgan fingerprint density at radius 1 is 1.10 bits per heavy atom. The molecule has 0 unspecified atom stereocenters. The molecule has 0 bridgehead atoms. The van der Waals surface area contributed by atoms with E-state index in [0.29, 0.717) is 6.54 Å². The lowest BCUT2D eigenvalue weighted by Crippen LogP contribution is -2.38. The minimum absolute atomic E-state index is 0.119. The molecule has 0 aliphatic heterocycles. The van der Waals surface area contributed by atoms with Gasteiger partial charge < -0.3 is 0 Å². The number of halogens is 3. The quantitative estimate of drug-likeness (QED) is 0.749. The van der Waals surface area contributed by atoms with Crippen LogP contribution in [0.15, 0.2) is 24.3 Å². The Labute approximate surface area is 119 Å². The molecule has 1 aliphatic rings. The zero-order valence-corrected chi connectivity index (χ0v) is 13.3. The normalized spacial score (nSPS) is 16.8. The molecule has 1 saturated carbocycles. The van der Waals surface area contributed by atoms with Crippen molar-refractivity contribution in [3.63, 3.8) is 0 Å². The zero-order chi connectivity index (χ0) is 15.0. The van der Waals surface area contributed by atoms with E-state index >= 15 is 0 Å². The highest BCUT2D eigenvalue weighted by Gasteiger charge is 2.37. The average molecular weight is 301 g/mol. The molecule has 0 aromatic heterocycles. The molecule has 112 valence electrons. The SMILES string of the molecule is C[Si](C)(C)c1ccc(CN(CC(F)(F)F)C2CC2)cc1. The van der Waals surface area contributed by atoms with Gasteiger partial charge in [0.05, 0.1) is 14.6 Å². The molecule has 0 heterocycles. The fourth-order valence-electron chi connectivity index (χ4n) is 2.33. The van der Waals surface area contributed by atoms with E-state index in [1.165, 1.54) is 5.19 Å². The van der Waals surface area contributed by atoms with E-state index in [1.54, 1.807) is 4.90 Å². The fraction of sp³-hybridized carbons (Fsp3) is 0.600. The molecular weight excluding hydrogens is 279 g/mol. The topological polar surface area (TPSA) is 3.24 Å². The van der Waals surface area contributed by atoms with E-state index in [4.69, 9.17) is 0 Å². The summed E-state index contributed by atoms with van der Waals surface area (Å²) in [6, 6.07) is 8.26. The Hall–Kier alpha value is -0.813. The molecule has 1 aliphatic carbocycles. The standard InChI is InChI=1S/C15H22F3NSi/c1-20(2,3)14-8-4-12(5-9-14)10-19(13-6-7-13)11-15(16,17)18/h4-5,8-9,13H,6-7,10-11H2,1-3H3. The van der Waals surface area contributed by atoms with Crippen LogP contribution >= 0.6 is 0 Å². The number of benzene rings is 1. The predicted molar refractivity (Wildman–Crippen MR) is 78.9 cm³/mol. The number of hydrogen-bond acceptors (Lipinski definition) is 1. The van der Waals surface area contributed by atoms with E-state index < -0.39 is 20.8 Å². The molecular formula is C15H22F3NSi. The van der Waals surface area contributed by atoms with Gasteiger partial charge >= 0.3 is 6.18 Å². The second kappa shape index (κ2) is 5.52. The number of hydrogen-bond donors (Lipinski definition) is 0. The summed E-state index contributed by atoms with van der Waals surface area (Å²) in [6.45, 7) is 6.40. The fourth-order valence-corrected chi connectivity index (χ4v) is 3.50. The van der Waals surface area contributed by atoms with Gasteiger partial charge in [-0.05, 0) is 18.4 Å². The second-order valence-electron chi connectivity index (χ2n) is 6.70. The first-order valence-corrected chi connectivity index (χ1v) is 10.6. The highest BCUT2D eigenvalue weighted by Crippen LogP contribution is 2.31. The van der Waals surface area contributed by atoms with E-state index in [-0.39, 0.29) is 6.04 Å². The molecule has 2 rings (SSSR count). The molecule has 5 heteroatoms. The third kappa shape index (κ3) is 4.63. The van der Waals surface area contributed by atoms with Crippen molar-refractivity contribution in [2.75, 3.05) is 6.54 Å². The Morgan fingerprint density at radius 2 is 1.65 bits per heavy atom. The highest BCUT2D eigenvalue weighted by molar-refractivity contribution is 6.88. The van der Waals surface area contributed by atoms with Gasteiger partial charge in [0.25, 0.3) is 0 Å². The lowest BCUT2D eigenvalue weighted by molar-refractivity contribution is -0.148. The third-order valence-electron chi connectivity index (χ3n) is 3.65. The molecule has 1 aromatic rings. The van der Waals surface area contributed by atoms with Gasteiger partial charge in [0.1, 0.15) is 0 Å². The Morgan fingerprint density at radius 3 is 2.05 bits per heavy atom. The van der Waals surface area contributed by atoms with Crippen molar-refractivity contribution in [1.29, 1.82) is 0 Å². The molecule has 1 aromatic carbocycles. The average Bonchev–Trinajstić information content (AvgIpc) is 3.09. The number of alkyl halides is 3. The van der Waals surface area contributed by atoms with Gasteiger partial charge in [-0.25, -0.2) is 0 Å². The summed E-state index contributed by atoms with van der Waals surface area (Å²) in [7, 11) is -1.34. The van der Waals surface area contributed by atoms with Crippen LogP contribution in [-0.2, 0) is 6.54 Å². The molecule has 0 N–H and O–H groups in total. The summed E-state index contributed by atoms with van der Waals surface area (Å²) in [4.78, 5) is 1.56. The van der Waals surface area contributed by atoms with Crippen LogP contribution in [0, 0.1) is 0 Å². The second-order valence-corrected chi connectivity index (χ2v) is 11.8. The maximum atomic E-state index is 12.6. The summed E-state index contributed by atoms with van der Waals surface area (Å²) in [5.41, 5.74) is 0.975. The van der Waals surface area contributed by atoms with Crippen LogP contribution in [0.2, 0.25) is 19.6 Å². The molecule has 0 saturated heterocycles. The van der Waals surface area contributed by atoms with Crippen LogP contribution in [0.1, 0.15) is 18.4 Å². The van der Waals surface area contributed by atoms with Crippen LogP contribution in [0.25, 0.3) is 0 Å². The molecule has 0 radical (unpaired) electrons. The maximum absolute atomic E-state index is 12.6. The molecule has 1 nitrogen and oxygen atoms in total. The first-order valence-electron chi connectivity index (χ1n) is 7.05. The number of nitrogens with zero attached hydrogens (tertiary/aromatic N) is 1. The molecule has 1 fully saturated rings. The minimum atomic E-state index is -4.11. The van der Waals surface area contributed by atoms with Crippen LogP contribution < -0.4 is 5.19 Å². The first kappa shape index (κ1) is 15.6. The van der Waals surface area contributed by atoms with Gasteiger partial charge in [-0.1, -0.05) is 49.1 Å². The summed E-state index contributed by atoms with van der Waals surface area (Å²) in [5, 5.41) is 1.34. The summed E-state index contributed by atoms with van der Waals surface area (Å²) >= 11 is 0. The van der Waals surface area contributed by atoms with Crippen molar-refractivity contribution in [3.8, 4) is 0 Å². The maximum Gasteiger partial charge on any atom is 0.401 e. The zero-order valence-electron chi connectivity index (χ0n) is 12.3. The smallest absolute Gasteiger partial charge is 0.288 e. The van der Waals surface area contributed by atoms with E-state index in [2.05, 4.69) is 31.8 Å². The minimum Gasteiger partial charge on any atom is -0.288 e. The predicted octanol–water partition coefficient (Wildman–Crippen LogP) is 3.76. The third-order valence-corrected chi connectivity index (χ3v) is 5.72. The van der Waals surface area contributed by atoms with Crippen LogP contribution in [0.3, 0.4) is 0 Å². The summed E-state index contributed by atoms with van der Waals surface area (Å²) in [6.07, 6.45) is -2.33. The summed E-state index contributed by atoms with van der Waals surface area (Å²) in [5.74, 6) is 0. The van der Waals surface area contributed by atoms with Gasteiger partial charge in [-0.2, -0.15) is 13.2 Å². The van der Waals surface area contributed by atoms with E-state index in [9.17, 15) is 13.2 Å². The monoisotopic (exact) mass is 301 g/mol. The van der Waals surface area contributed by atoms with Crippen molar-refractivity contribution < 1.29 is 13.2 Å². The van der Waals surface area contributed by atoms with Gasteiger partial charge in [-0.15, -0.1) is 0 Å². The van der Waals surface area contributed by atoms with Crippen molar-refractivity contribution in [2.45, 2.75) is 51.2 Å². The van der Waals surface area contributed by atoms with Gasteiger partial charge in [-0.3, -0.25) is 4.90 Å². The highest BCUT2D eigenvalue weighted by atomic mass is 28.3. The Balaban J connectivity index is 2.04. The first-order chi connectivity index (χ1) is 9.15. The summed E-state index contributed by atoms with van der Waals surface area (Å²) < 4.78 is 37.7. The lowest BCUT2D eigenvalue weighted by atomic mass is 10.2. The molecule has 0 spiro atoms.